The molecule has 13 heteroatoms. The molecule has 0 spiro atoms. The van der Waals surface area contributed by atoms with Crippen LogP contribution in [-0.2, 0) is 0 Å². The molecule has 0 radical (unpaired) electrons. The van der Waals surface area contributed by atoms with Crippen molar-refractivity contribution in [2.45, 2.75) is 44.4 Å². The van der Waals surface area contributed by atoms with Crippen molar-refractivity contribution in [2.75, 3.05) is 31.9 Å². The summed E-state index contributed by atoms with van der Waals surface area (Å²) in [5.41, 5.74) is 0. The van der Waals surface area contributed by atoms with Crippen LogP contribution in [0.4, 0.5) is 0 Å². The molecule has 0 bridgehead atoms. The lowest BCUT2D eigenvalue weighted by Crippen LogP contribution is -2.47. The molecule has 1 atom stereocenters. The van der Waals surface area contributed by atoms with Crippen LogP contribution in [0.3, 0.4) is 0 Å². The molecule has 0 fully saturated rings. The molecule has 0 saturated carbocycles. The molecule has 200 valence electrons. The van der Waals surface area contributed by atoms with Crippen LogP contribution in [0.1, 0.15) is 39.5 Å². The molecule has 0 aliphatic heterocycles. The molecule has 0 heterocycles. The molecule has 35 heavy (non-hydrogen) atoms. The van der Waals surface area contributed by atoms with Gasteiger partial charge >= 0.3 is 0 Å². The number of hydrogen-bond donors (Lipinski definition) is 10. The van der Waals surface area contributed by atoms with Crippen LogP contribution in [0.15, 0.2) is 35.2 Å². The maximum absolute atomic E-state index is 8.04. The van der Waals surface area contributed by atoms with Crippen LogP contribution in [-0.4, -0.2) is 55.8 Å². The predicted molar refractivity (Wildman–Crippen MR) is 154 cm³/mol. The molecule has 10 N–H and O–H groups in total. The molecule has 0 aliphatic carbocycles. The minimum Gasteiger partial charge on any atom is -0.356 e. The van der Waals surface area contributed by atoms with Crippen LogP contribution >= 0.6 is 36.6 Å². The number of halogens is 2. The van der Waals surface area contributed by atoms with Gasteiger partial charge in [-0.1, -0.05) is 32.0 Å². The van der Waals surface area contributed by atoms with E-state index in [-0.39, 0.29) is 48.7 Å². The van der Waals surface area contributed by atoms with Gasteiger partial charge in [0.1, 0.15) is 0 Å². The molecular formula is C22H42Cl2N10S. The Morgan fingerprint density at radius 1 is 0.743 bits per heavy atom. The third kappa shape index (κ3) is 18.6. The highest BCUT2D eigenvalue weighted by atomic mass is 35.5. The first-order valence-corrected chi connectivity index (χ1v) is 12.4. The number of nitrogens with one attached hydrogen (secondary N) is 10. The second kappa shape index (κ2) is 22.1. The zero-order chi connectivity index (χ0) is 24.3. The summed E-state index contributed by atoms with van der Waals surface area (Å²) in [6, 6.07) is 10.2. The van der Waals surface area contributed by atoms with Gasteiger partial charge in [0, 0.05) is 36.8 Å². The Kier molecular flexibility index (Phi) is 22.0. The summed E-state index contributed by atoms with van der Waals surface area (Å²) in [4.78, 5) is 1.21. The SMILES string of the molecule is CCCNC(=N)NC(=N)NCCCC(CNC(=N)NC(=N)NCCC)CSc1ccccc1.Cl.Cl. The van der Waals surface area contributed by atoms with Crippen LogP contribution in [0, 0.1) is 27.6 Å². The van der Waals surface area contributed by atoms with Gasteiger partial charge in [-0.2, -0.15) is 0 Å². The number of rotatable bonds is 13. The van der Waals surface area contributed by atoms with Gasteiger partial charge in [-0.05, 0) is 43.7 Å². The third-order valence-corrected chi connectivity index (χ3v) is 5.73. The lowest BCUT2D eigenvalue weighted by molar-refractivity contribution is 0.504. The van der Waals surface area contributed by atoms with Crippen molar-refractivity contribution in [2.24, 2.45) is 5.92 Å². The van der Waals surface area contributed by atoms with E-state index in [1.807, 2.05) is 32.0 Å². The van der Waals surface area contributed by atoms with Gasteiger partial charge in [-0.15, -0.1) is 36.6 Å². The molecule has 0 aliphatic rings. The van der Waals surface area contributed by atoms with Crippen molar-refractivity contribution in [3.63, 3.8) is 0 Å². The second-order valence-corrected chi connectivity index (χ2v) is 8.64. The molecule has 0 amide bonds. The molecule has 10 nitrogen and oxygen atoms in total. The first-order valence-electron chi connectivity index (χ1n) is 11.5. The smallest absolute Gasteiger partial charge is 0.195 e. The van der Waals surface area contributed by atoms with E-state index in [0.717, 1.165) is 31.4 Å². The van der Waals surface area contributed by atoms with E-state index < -0.39 is 0 Å². The van der Waals surface area contributed by atoms with E-state index in [9.17, 15) is 0 Å². The van der Waals surface area contributed by atoms with Crippen molar-refractivity contribution in [1.82, 2.24) is 31.9 Å². The Balaban J connectivity index is 0. The Bertz CT molecular complexity index is 736. The first kappa shape index (κ1) is 34.8. The van der Waals surface area contributed by atoms with Crippen molar-refractivity contribution in [3.8, 4) is 0 Å². The lowest BCUT2D eigenvalue weighted by Gasteiger charge is -2.20. The van der Waals surface area contributed by atoms with Crippen molar-refractivity contribution in [3.05, 3.63) is 30.3 Å². The van der Waals surface area contributed by atoms with Crippen molar-refractivity contribution < 1.29 is 0 Å². The van der Waals surface area contributed by atoms with Gasteiger partial charge in [-0.25, -0.2) is 0 Å². The van der Waals surface area contributed by atoms with Crippen LogP contribution in [0.5, 0.6) is 0 Å². The first-order chi connectivity index (χ1) is 15.9. The molecule has 1 aromatic rings. The predicted octanol–water partition coefficient (Wildman–Crippen LogP) is 3.12. The molecule has 0 aromatic heterocycles. The van der Waals surface area contributed by atoms with Crippen LogP contribution < -0.4 is 31.9 Å². The Morgan fingerprint density at radius 2 is 1.23 bits per heavy atom. The summed E-state index contributed by atoms with van der Waals surface area (Å²) in [5.74, 6) is 1.68. The largest absolute Gasteiger partial charge is 0.356 e. The average Bonchev–Trinajstić information content (AvgIpc) is 2.80. The molecular weight excluding hydrogens is 507 g/mol. The normalized spacial score (nSPS) is 10.5. The van der Waals surface area contributed by atoms with Gasteiger partial charge in [0.25, 0.3) is 0 Å². The summed E-state index contributed by atoms with van der Waals surface area (Å²) in [6.07, 6.45) is 3.61. The standard InChI is InChI=1S/C22H40N10S.2ClH/c1-3-12-27-19(23)31-21(25)29-14-8-9-17(16-33-18-10-6-5-7-11-18)15-30-22(26)32-20(24)28-13-4-2;;/h5-7,10-11,17H,3-4,8-9,12-16H2,1-2H3,(H5,23,25,27,29,31)(H5,24,26,28,30,32);2*1H. The van der Waals surface area contributed by atoms with Crippen LogP contribution in [0.2, 0.25) is 0 Å². The quantitative estimate of drug-likeness (QED) is 0.0781. The summed E-state index contributed by atoms with van der Waals surface area (Å²) in [7, 11) is 0. The lowest BCUT2D eigenvalue weighted by atomic mass is 10.1. The minimum atomic E-state index is 0. The summed E-state index contributed by atoms with van der Waals surface area (Å²) in [5, 5.41) is 48.8. The zero-order valence-electron chi connectivity index (χ0n) is 20.6. The molecule has 1 rings (SSSR count). The van der Waals surface area contributed by atoms with Gasteiger partial charge in [0.2, 0.25) is 0 Å². The van der Waals surface area contributed by atoms with Gasteiger partial charge in [0.05, 0.1) is 0 Å². The maximum Gasteiger partial charge on any atom is 0.195 e. The molecule has 1 aromatic carbocycles. The highest BCUT2D eigenvalue weighted by molar-refractivity contribution is 7.99. The number of benzene rings is 1. The van der Waals surface area contributed by atoms with Crippen LogP contribution in [0.25, 0.3) is 0 Å². The van der Waals surface area contributed by atoms with E-state index in [1.165, 1.54) is 4.90 Å². The number of guanidine groups is 4. The fourth-order valence-electron chi connectivity index (χ4n) is 2.75. The Hall–Kier alpha value is -2.37. The van der Waals surface area contributed by atoms with Crippen molar-refractivity contribution in [1.29, 1.82) is 21.6 Å². The van der Waals surface area contributed by atoms with Gasteiger partial charge in [-0.3, -0.25) is 32.3 Å². The Labute approximate surface area is 226 Å². The fourth-order valence-corrected chi connectivity index (χ4v) is 3.81. The highest BCUT2D eigenvalue weighted by Crippen LogP contribution is 2.22. The van der Waals surface area contributed by atoms with Gasteiger partial charge < -0.3 is 21.3 Å². The molecule has 0 saturated heterocycles. The number of hydrogen-bond acceptors (Lipinski definition) is 5. The van der Waals surface area contributed by atoms with E-state index in [1.54, 1.807) is 11.8 Å². The summed E-state index contributed by atoms with van der Waals surface area (Å²) < 4.78 is 0. The van der Waals surface area contributed by atoms with E-state index in [4.69, 9.17) is 21.6 Å². The van der Waals surface area contributed by atoms with Gasteiger partial charge in [0.15, 0.2) is 23.8 Å². The number of thioether (sulfide) groups is 1. The highest BCUT2D eigenvalue weighted by Gasteiger charge is 2.11. The average molecular weight is 550 g/mol. The van der Waals surface area contributed by atoms with E-state index in [2.05, 4.69) is 44.0 Å². The van der Waals surface area contributed by atoms with Crippen molar-refractivity contribution >= 4 is 60.4 Å². The summed E-state index contributed by atoms with van der Waals surface area (Å²) in [6.45, 7) is 6.69. The zero-order valence-corrected chi connectivity index (χ0v) is 23.0. The Morgan fingerprint density at radius 3 is 1.74 bits per heavy atom. The minimum absolute atomic E-state index is 0. The fraction of sp³-hybridized carbons (Fsp3) is 0.545. The maximum atomic E-state index is 8.04. The van der Waals surface area contributed by atoms with E-state index >= 15 is 0 Å². The second-order valence-electron chi connectivity index (χ2n) is 7.54. The monoisotopic (exact) mass is 548 g/mol. The van der Waals surface area contributed by atoms with E-state index in [0.29, 0.717) is 32.1 Å². The third-order valence-electron chi connectivity index (χ3n) is 4.49. The molecule has 1 unspecified atom stereocenters. The topological polar surface area (TPSA) is 168 Å². The summed E-state index contributed by atoms with van der Waals surface area (Å²) >= 11 is 1.79.